The fourth-order valence-electron chi connectivity index (χ4n) is 2.58. The molecule has 1 aromatic carbocycles. The van der Waals surface area contributed by atoms with E-state index in [1.807, 2.05) is 0 Å². The van der Waals surface area contributed by atoms with Crippen LogP contribution in [-0.4, -0.2) is 63.7 Å². The smallest absolute Gasteiger partial charge is 0.422 e. The Balaban J connectivity index is 1.88. The second-order valence-corrected chi connectivity index (χ2v) is 6.00. The van der Waals surface area contributed by atoms with Crippen molar-refractivity contribution >= 4 is 0 Å². The molecule has 8 heteroatoms. The lowest BCUT2D eigenvalue weighted by Crippen LogP contribution is -2.44. The molecule has 0 bridgehead atoms. The second-order valence-electron chi connectivity index (χ2n) is 6.00. The van der Waals surface area contributed by atoms with E-state index in [-0.39, 0.29) is 11.9 Å². The molecule has 2 rings (SSSR count). The van der Waals surface area contributed by atoms with Crippen molar-refractivity contribution in [1.82, 2.24) is 10.2 Å². The van der Waals surface area contributed by atoms with Crippen molar-refractivity contribution in [1.29, 1.82) is 0 Å². The summed E-state index contributed by atoms with van der Waals surface area (Å²) in [5.41, 5.74) is 0.909. The van der Waals surface area contributed by atoms with E-state index in [1.54, 1.807) is 19.1 Å². The predicted molar refractivity (Wildman–Crippen MR) is 88.1 cm³/mol. The Morgan fingerprint density at radius 2 is 2.08 bits per heavy atom. The van der Waals surface area contributed by atoms with E-state index < -0.39 is 12.8 Å². The lowest BCUT2D eigenvalue weighted by atomic mass is 10.2. The fraction of sp³-hybridized carbons (Fsp3) is 0.647. The molecule has 0 aromatic heterocycles. The summed E-state index contributed by atoms with van der Waals surface area (Å²) in [5, 5.41) is 3.31. The normalized spacial score (nSPS) is 19.0. The average Bonchev–Trinajstić information content (AvgIpc) is 2.54. The van der Waals surface area contributed by atoms with Gasteiger partial charge in [0.25, 0.3) is 0 Å². The molecule has 0 radical (unpaired) electrons. The van der Waals surface area contributed by atoms with Crippen molar-refractivity contribution in [3.05, 3.63) is 23.8 Å². The van der Waals surface area contributed by atoms with Crippen LogP contribution in [0.25, 0.3) is 0 Å². The van der Waals surface area contributed by atoms with Crippen molar-refractivity contribution in [2.75, 3.05) is 46.5 Å². The highest BCUT2D eigenvalue weighted by Gasteiger charge is 2.29. The summed E-state index contributed by atoms with van der Waals surface area (Å²) in [4.78, 5) is 2.22. The van der Waals surface area contributed by atoms with Crippen LogP contribution in [0.2, 0.25) is 0 Å². The first kappa shape index (κ1) is 19.8. The SMILES string of the molecule is CCOc1cc(CNCC2CN(C)CCO2)ccc1OCC(F)(F)F. The molecule has 1 aliphatic rings. The van der Waals surface area contributed by atoms with Crippen LogP contribution in [0.15, 0.2) is 18.2 Å². The van der Waals surface area contributed by atoms with Crippen molar-refractivity contribution in [3.63, 3.8) is 0 Å². The van der Waals surface area contributed by atoms with E-state index in [2.05, 4.69) is 17.3 Å². The van der Waals surface area contributed by atoms with Gasteiger partial charge in [0.1, 0.15) is 0 Å². The van der Waals surface area contributed by atoms with Crippen LogP contribution < -0.4 is 14.8 Å². The lowest BCUT2D eigenvalue weighted by molar-refractivity contribution is -0.153. The topological polar surface area (TPSA) is 43.0 Å². The van der Waals surface area contributed by atoms with Crippen molar-refractivity contribution in [2.45, 2.75) is 25.7 Å². The lowest BCUT2D eigenvalue weighted by Gasteiger charge is -2.30. The largest absolute Gasteiger partial charge is 0.490 e. The number of morpholine rings is 1. The van der Waals surface area contributed by atoms with E-state index in [4.69, 9.17) is 14.2 Å². The van der Waals surface area contributed by atoms with Crippen LogP contribution in [0, 0.1) is 0 Å². The predicted octanol–water partition coefficient (Wildman–Crippen LogP) is 2.45. The van der Waals surface area contributed by atoms with Gasteiger partial charge in [0.05, 0.1) is 19.3 Å². The molecule has 1 aromatic rings. The molecule has 1 heterocycles. The standard InChI is InChI=1S/C17H25F3N2O3/c1-3-23-16-8-13(4-5-15(16)25-12-17(18,19)20)9-21-10-14-11-22(2)6-7-24-14/h4-5,8,14,21H,3,6-7,9-12H2,1-2H3. The van der Waals surface area contributed by atoms with Gasteiger partial charge in [-0.15, -0.1) is 0 Å². The Bertz CT molecular complexity index is 540. The van der Waals surface area contributed by atoms with Gasteiger partial charge in [-0.05, 0) is 31.7 Å². The van der Waals surface area contributed by atoms with Gasteiger partial charge in [-0.1, -0.05) is 6.07 Å². The zero-order valence-electron chi connectivity index (χ0n) is 14.6. The first-order valence-electron chi connectivity index (χ1n) is 8.33. The van der Waals surface area contributed by atoms with Crippen molar-refractivity contribution in [2.24, 2.45) is 0 Å². The maximum absolute atomic E-state index is 12.3. The molecule has 0 aliphatic carbocycles. The molecule has 5 nitrogen and oxygen atoms in total. The summed E-state index contributed by atoms with van der Waals surface area (Å²) in [5.74, 6) is 0.417. The number of alkyl halides is 3. The highest BCUT2D eigenvalue weighted by Crippen LogP contribution is 2.30. The number of hydrogen-bond acceptors (Lipinski definition) is 5. The Morgan fingerprint density at radius 3 is 2.76 bits per heavy atom. The molecule has 1 aliphatic heterocycles. The monoisotopic (exact) mass is 362 g/mol. The molecule has 1 saturated heterocycles. The van der Waals surface area contributed by atoms with Gasteiger partial charge in [-0.25, -0.2) is 0 Å². The van der Waals surface area contributed by atoms with Crippen molar-refractivity contribution in [3.8, 4) is 11.5 Å². The summed E-state index contributed by atoms with van der Waals surface area (Å²) in [7, 11) is 2.06. The molecule has 0 saturated carbocycles. The van der Waals surface area contributed by atoms with Gasteiger partial charge in [-0.3, -0.25) is 0 Å². The fourth-order valence-corrected chi connectivity index (χ4v) is 2.58. The maximum atomic E-state index is 12.3. The van der Waals surface area contributed by atoms with Gasteiger partial charge < -0.3 is 24.4 Å². The summed E-state index contributed by atoms with van der Waals surface area (Å²) >= 11 is 0. The van der Waals surface area contributed by atoms with E-state index in [9.17, 15) is 13.2 Å². The molecule has 1 unspecified atom stereocenters. The van der Waals surface area contributed by atoms with Gasteiger partial charge in [0.2, 0.25) is 0 Å². The Hall–Kier alpha value is -1.51. The summed E-state index contributed by atoms with van der Waals surface area (Å²) < 4.78 is 52.9. The highest BCUT2D eigenvalue weighted by molar-refractivity contribution is 5.43. The van der Waals surface area contributed by atoms with Gasteiger partial charge in [0.15, 0.2) is 18.1 Å². The minimum atomic E-state index is -4.38. The number of halogens is 3. The zero-order chi connectivity index (χ0) is 18.3. The molecule has 1 fully saturated rings. The first-order chi connectivity index (χ1) is 11.9. The number of rotatable bonds is 8. The van der Waals surface area contributed by atoms with Crippen molar-refractivity contribution < 1.29 is 27.4 Å². The van der Waals surface area contributed by atoms with Crippen LogP contribution in [0.5, 0.6) is 11.5 Å². The summed E-state index contributed by atoms with van der Waals surface area (Å²) in [6.07, 6.45) is -4.24. The van der Waals surface area contributed by atoms with Gasteiger partial charge in [-0.2, -0.15) is 13.2 Å². The van der Waals surface area contributed by atoms with Crippen LogP contribution >= 0.6 is 0 Å². The number of hydrogen-bond donors (Lipinski definition) is 1. The maximum Gasteiger partial charge on any atom is 0.422 e. The third kappa shape index (κ3) is 7.09. The zero-order valence-corrected chi connectivity index (χ0v) is 14.6. The molecule has 0 amide bonds. The van der Waals surface area contributed by atoms with Gasteiger partial charge >= 0.3 is 6.18 Å². The molecule has 142 valence electrons. The van der Waals surface area contributed by atoms with E-state index in [1.165, 1.54) is 6.07 Å². The third-order valence-corrected chi connectivity index (χ3v) is 3.74. The summed E-state index contributed by atoms with van der Waals surface area (Å²) in [6, 6.07) is 4.95. The molecule has 0 spiro atoms. The number of benzene rings is 1. The highest BCUT2D eigenvalue weighted by atomic mass is 19.4. The first-order valence-corrected chi connectivity index (χ1v) is 8.33. The Labute approximate surface area is 146 Å². The van der Waals surface area contributed by atoms with Crippen LogP contribution in [0.3, 0.4) is 0 Å². The number of nitrogens with zero attached hydrogens (tertiary/aromatic N) is 1. The Kier molecular flexibility index (Phi) is 7.34. The minimum Gasteiger partial charge on any atom is -0.490 e. The molecular weight excluding hydrogens is 337 g/mol. The summed E-state index contributed by atoms with van der Waals surface area (Å²) in [6.45, 7) is 4.61. The van der Waals surface area contributed by atoms with Crippen LogP contribution in [0.1, 0.15) is 12.5 Å². The van der Waals surface area contributed by atoms with Crippen LogP contribution in [0.4, 0.5) is 13.2 Å². The number of ether oxygens (including phenoxy) is 3. The van der Waals surface area contributed by atoms with Crippen LogP contribution in [-0.2, 0) is 11.3 Å². The molecular formula is C17H25F3N2O3. The molecule has 25 heavy (non-hydrogen) atoms. The van der Waals surface area contributed by atoms with E-state index in [0.717, 1.165) is 25.3 Å². The molecule has 1 N–H and O–H groups in total. The quantitative estimate of drug-likeness (QED) is 0.770. The van der Waals surface area contributed by atoms with E-state index >= 15 is 0 Å². The minimum absolute atomic E-state index is 0.0974. The number of nitrogens with one attached hydrogen (secondary N) is 1. The third-order valence-electron chi connectivity index (χ3n) is 3.74. The number of likely N-dealkylation sites (N-methyl/N-ethyl adjacent to an activating group) is 1. The Morgan fingerprint density at radius 1 is 1.28 bits per heavy atom. The second kappa shape index (κ2) is 9.26. The molecule has 1 atom stereocenters. The average molecular weight is 362 g/mol. The van der Waals surface area contributed by atoms with Gasteiger partial charge in [0, 0.05) is 26.2 Å². The van der Waals surface area contributed by atoms with E-state index in [0.29, 0.717) is 25.4 Å².